The lowest BCUT2D eigenvalue weighted by Gasteiger charge is -2.10. The minimum atomic E-state index is -1.01. The molecule has 0 amide bonds. The SMILES string of the molecule is C=C(Br)COc1cc(C(=O)O)ccc1OC. The van der Waals surface area contributed by atoms with Crippen molar-refractivity contribution in [3.63, 3.8) is 0 Å². The highest BCUT2D eigenvalue weighted by atomic mass is 79.9. The van der Waals surface area contributed by atoms with Crippen LogP contribution in [0.4, 0.5) is 0 Å². The van der Waals surface area contributed by atoms with Gasteiger partial charge in [-0.25, -0.2) is 4.79 Å². The van der Waals surface area contributed by atoms with E-state index in [0.717, 1.165) is 0 Å². The molecular weight excluding hydrogens is 276 g/mol. The molecule has 0 atom stereocenters. The molecule has 0 aromatic heterocycles. The highest BCUT2D eigenvalue weighted by Gasteiger charge is 2.09. The van der Waals surface area contributed by atoms with Crippen molar-refractivity contribution in [1.29, 1.82) is 0 Å². The molecule has 5 heteroatoms. The lowest BCUT2D eigenvalue weighted by molar-refractivity contribution is 0.0696. The molecule has 0 aliphatic heterocycles. The van der Waals surface area contributed by atoms with Crippen LogP contribution in [0.3, 0.4) is 0 Å². The summed E-state index contributed by atoms with van der Waals surface area (Å²) in [6.07, 6.45) is 0. The van der Waals surface area contributed by atoms with Crippen molar-refractivity contribution in [2.75, 3.05) is 13.7 Å². The number of aromatic carboxylic acids is 1. The predicted octanol–water partition coefficient (Wildman–Crippen LogP) is 2.68. The Morgan fingerprint density at radius 3 is 2.69 bits per heavy atom. The molecule has 0 radical (unpaired) electrons. The molecule has 86 valence electrons. The van der Waals surface area contributed by atoms with Crippen LogP contribution in [-0.2, 0) is 0 Å². The first-order valence-corrected chi connectivity index (χ1v) is 5.21. The number of methoxy groups -OCH3 is 1. The summed E-state index contributed by atoms with van der Waals surface area (Å²) in [5.74, 6) is -0.146. The molecule has 0 saturated heterocycles. The number of ether oxygens (including phenoxy) is 2. The smallest absolute Gasteiger partial charge is 0.335 e. The second kappa shape index (κ2) is 5.55. The highest BCUT2D eigenvalue weighted by Crippen LogP contribution is 2.28. The van der Waals surface area contributed by atoms with Gasteiger partial charge < -0.3 is 14.6 Å². The quantitative estimate of drug-likeness (QED) is 0.904. The summed E-state index contributed by atoms with van der Waals surface area (Å²) in [4.78, 5) is 10.8. The first-order valence-electron chi connectivity index (χ1n) is 4.42. The standard InChI is InChI=1S/C11H11BrO4/c1-7(12)6-16-10-5-8(11(13)14)3-4-9(10)15-2/h3-5H,1,6H2,2H3,(H,13,14). The first kappa shape index (κ1) is 12.6. The molecule has 1 aromatic rings. The molecule has 1 aromatic carbocycles. The van der Waals surface area contributed by atoms with Gasteiger partial charge in [-0.15, -0.1) is 0 Å². The zero-order valence-corrected chi connectivity index (χ0v) is 10.3. The Morgan fingerprint density at radius 2 is 2.19 bits per heavy atom. The number of rotatable bonds is 5. The summed E-state index contributed by atoms with van der Waals surface area (Å²) in [5.41, 5.74) is 0.149. The van der Waals surface area contributed by atoms with Gasteiger partial charge in [0, 0.05) is 4.48 Å². The molecule has 16 heavy (non-hydrogen) atoms. The van der Waals surface area contributed by atoms with Gasteiger partial charge in [0.15, 0.2) is 11.5 Å². The van der Waals surface area contributed by atoms with Gasteiger partial charge in [0.2, 0.25) is 0 Å². The summed E-state index contributed by atoms with van der Waals surface area (Å²) >= 11 is 3.15. The van der Waals surface area contributed by atoms with Gasteiger partial charge in [0.1, 0.15) is 6.61 Å². The number of carboxylic acids is 1. The second-order valence-corrected chi connectivity index (χ2v) is 4.10. The average Bonchev–Trinajstić information content (AvgIpc) is 2.25. The molecule has 4 nitrogen and oxygen atoms in total. The number of halogens is 1. The lowest BCUT2D eigenvalue weighted by atomic mass is 10.2. The summed E-state index contributed by atoms with van der Waals surface area (Å²) in [6.45, 7) is 3.87. The zero-order valence-electron chi connectivity index (χ0n) is 8.70. The fourth-order valence-electron chi connectivity index (χ4n) is 1.08. The third-order valence-corrected chi connectivity index (χ3v) is 2.02. The number of carbonyl (C=O) groups is 1. The molecular formula is C11H11BrO4. The van der Waals surface area contributed by atoms with Crippen LogP contribution in [0.1, 0.15) is 10.4 Å². The molecule has 1 rings (SSSR count). The first-order chi connectivity index (χ1) is 7.54. The summed E-state index contributed by atoms with van der Waals surface area (Å²) in [7, 11) is 1.49. The molecule has 0 spiro atoms. The van der Waals surface area contributed by atoms with E-state index in [1.54, 1.807) is 6.07 Å². The second-order valence-electron chi connectivity index (χ2n) is 2.98. The Kier molecular flexibility index (Phi) is 4.37. The van der Waals surface area contributed by atoms with Crippen LogP contribution < -0.4 is 9.47 Å². The van der Waals surface area contributed by atoms with Gasteiger partial charge in [-0.05, 0) is 18.2 Å². The fourth-order valence-corrected chi connectivity index (χ4v) is 1.19. The van der Waals surface area contributed by atoms with E-state index in [1.807, 2.05) is 0 Å². The van der Waals surface area contributed by atoms with Crippen LogP contribution in [0, 0.1) is 0 Å². The molecule has 0 unspecified atom stereocenters. The van der Waals surface area contributed by atoms with Crippen molar-refractivity contribution in [3.05, 3.63) is 34.8 Å². The van der Waals surface area contributed by atoms with Crippen molar-refractivity contribution in [3.8, 4) is 11.5 Å². The summed E-state index contributed by atoms with van der Waals surface area (Å²) in [5, 5.41) is 8.83. The van der Waals surface area contributed by atoms with Crippen molar-refractivity contribution in [2.24, 2.45) is 0 Å². The Labute approximate surface area is 102 Å². The number of hydrogen-bond acceptors (Lipinski definition) is 3. The van der Waals surface area contributed by atoms with E-state index >= 15 is 0 Å². The van der Waals surface area contributed by atoms with Crippen LogP contribution in [-0.4, -0.2) is 24.8 Å². The van der Waals surface area contributed by atoms with Gasteiger partial charge in [-0.2, -0.15) is 0 Å². The molecule has 0 bridgehead atoms. The van der Waals surface area contributed by atoms with E-state index < -0.39 is 5.97 Å². The topological polar surface area (TPSA) is 55.8 Å². The van der Waals surface area contributed by atoms with Gasteiger partial charge in [0.25, 0.3) is 0 Å². The van der Waals surface area contributed by atoms with Crippen molar-refractivity contribution >= 4 is 21.9 Å². The maximum Gasteiger partial charge on any atom is 0.335 e. The third kappa shape index (κ3) is 3.27. The minimum absolute atomic E-state index is 0.149. The fraction of sp³-hybridized carbons (Fsp3) is 0.182. The molecule has 0 saturated carbocycles. The Morgan fingerprint density at radius 1 is 1.50 bits per heavy atom. The van der Waals surface area contributed by atoms with E-state index in [0.29, 0.717) is 16.0 Å². The minimum Gasteiger partial charge on any atom is -0.493 e. The Bertz CT molecular complexity index is 414. The van der Waals surface area contributed by atoms with E-state index in [2.05, 4.69) is 22.5 Å². The Hall–Kier alpha value is -1.49. The van der Waals surface area contributed by atoms with Crippen LogP contribution in [0.2, 0.25) is 0 Å². The van der Waals surface area contributed by atoms with Gasteiger partial charge in [-0.3, -0.25) is 0 Å². The molecule has 0 aliphatic carbocycles. The lowest BCUT2D eigenvalue weighted by Crippen LogP contribution is -2.02. The number of carboxylic acid groups (broad SMARTS) is 1. The van der Waals surface area contributed by atoms with E-state index in [-0.39, 0.29) is 12.2 Å². The van der Waals surface area contributed by atoms with Gasteiger partial charge in [0.05, 0.1) is 12.7 Å². The summed E-state index contributed by atoms with van der Waals surface area (Å²) in [6, 6.07) is 4.42. The summed E-state index contributed by atoms with van der Waals surface area (Å²) < 4.78 is 11.1. The zero-order chi connectivity index (χ0) is 12.1. The van der Waals surface area contributed by atoms with Crippen LogP contribution >= 0.6 is 15.9 Å². The van der Waals surface area contributed by atoms with Crippen molar-refractivity contribution in [2.45, 2.75) is 0 Å². The van der Waals surface area contributed by atoms with Gasteiger partial charge >= 0.3 is 5.97 Å². The monoisotopic (exact) mass is 286 g/mol. The van der Waals surface area contributed by atoms with E-state index in [9.17, 15) is 4.79 Å². The molecule has 0 fully saturated rings. The van der Waals surface area contributed by atoms with Crippen LogP contribution in [0.15, 0.2) is 29.3 Å². The number of benzene rings is 1. The predicted molar refractivity (Wildman–Crippen MR) is 63.5 cm³/mol. The number of hydrogen-bond donors (Lipinski definition) is 1. The molecule has 1 N–H and O–H groups in total. The highest BCUT2D eigenvalue weighted by molar-refractivity contribution is 9.11. The van der Waals surface area contributed by atoms with Crippen LogP contribution in [0.25, 0.3) is 0 Å². The normalized spacial score (nSPS) is 9.62. The van der Waals surface area contributed by atoms with Gasteiger partial charge in [-0.1, -0.05) is 22.5 Å². The molecule has 0 heterocycles. The van der Waals surface area contributed by atoms with E-state index in [4.69, 9.17) is 14.6 Å². The van der Waals surface area contributed by atoms with E-state index in [1.165, 1.54) is 19.2 Å². The maximum atomic E-state index is 10.8. The Balaban J connectivity index is 2.97. The largest absolute Gasteiger partial charge is 0.493 e. The van der Waals surface area contributed by atoms with Crippen molar-refractivity contribution in [1.82, 2.24) is 0 Å². The van der Waals surface area contributed by atoms with Crippen molar-refractivity contribution < 1.29 is 19.4 Å². The third-order valence-electron chi connectivity index (χ3n) is 1.79. The average molecular weight is 287 g/mol. The van der Waals surface area contributed by atoms with Crippen LogP contribution in [0.5, 0.6) is 11.5 Å². The molecule has 0 aliphatic rings. The maximum absolute atomic E-state index is 10.8.